The van der Waals surface area contributed by atoms with Gasteiger partial charge in [0.05, 0.1) is 13.2 Å². The molecule has 2 aromatic rings. The molecular formula is C20H25F2N3O2. The molecule has 146 valence electrons. The number of carbonyl (C=O) groups is 1. The SMILES string of the molecule is O=C(CCCc1c[nH]c2ccccc12)N1CC(N2CC(F)(F)C[C@H]2CO)C1. The van der Waals surface area contributed by atoms with Crippen molar-refractivity contribution in [1.29, 1.82) is 0 Å². The Balaban J connectivity index is 1.24. The predicted octanol–water partition coefficient (Wildman–Crippen LogP) is 2.40. The van der Waals surface area contributed by atoms with Gasteiger partial charge in [0.1, 0.15) is 0 Å². The van der Waals surface area contributed by atoms with Gasteiger partial charge >= 0.3 is 0 Å². The highest BCUT2D eigenvalue weighted by Gasteiger charge is 2.49. The fourth-order valence-corrected chi connectivity index (χ4v) is 4.31. The van der Waals surface area contributed by atoms with Crippen LogP contribution in [0.15, 0.2) is 30.5 Å². The fourth-order valence-electron chi connectivity index (χ4n) is 4.31. The molecule has 0 aliphatic carbocycles. The minimum absolute atomic E-state index is 0.0620. The maximum Gasteiger partial charge on any atom is 0.262 e. The van der Waals surface area contributed by atoms with Crippen LogP contribution in [0.3, 0.4) is 0 Å². The van der Waals surface area contributed by atoms with E-state index < -0.39 is 12.0 Å². The summed E-state index contributed by atoms with van der Waals surface area (Å²) in [5, 5.41) is 10.5. The second kappa shape index (κ2) is 7.20. The number of aryl methyl sites for hydroxylation is 1. The van der Waals surface area contributed by atoms with Crippen LogP contribution in [0.25, 0.3) is 10.9 Å². The lowest BCUT2D eigenvalue weighted by molar-refractivity contribution is -0.139. The van der Waals surface area contributed by atoms with E-state index in [1.807, 2.05) is 24.4 Å². The van der Waals surface area contributed by atoms with Crippen LogP contribution < -0.4 is 0 Å². The van der Waals surface area contributed by atoms with Gasteiger partial charge < -0.3 is 15.0 Å². The highest BCUT2D eigenvalue weighted by Crippen LogP contribution is 2.35. The Morgan fingerprint density at radius 2 is 2.07 bits per heavy atom. The first-order valence-corrected chi connectivity index (χ1v) is 9.54. The second-order valence-electron chi connectivity index (χ2n) is 7.73. The lowest BCUT2D eigenvalue weighted by Crippen LogP contribution is -2.62. The molecule has 5 nitrogen and oxygen atoms in total. The molecule has 0 radical (unpaired) electrons. The van der Waals surface area contributed by atoms with Crippen molar-refractivity contribution in [3.05, 3.63) is 36.0 Å². The summed E-state index contributed by atoms with van der Waals surface area (Å²) in [6.07, 6.45) is 3.77. The summed E-state index contributed by atoms with van der Waals surface area (Å²) in [7, 11) is 0. The van der Waals surface area contributed by atoms with Crippen LogP contribution in [0, 0.1) is 0 Å². The third-order valence-electron chi connectivity index (χ3n) is 5.82. The van der Waals surface area contributed by atoms with Crippen LogP contribution in [-0.4, -0.2) is 70.0 Å². The first kappa shape index (κ1) is 18.4. The topological polar surface area (TPSA) is 59.6 Å². The van der Waals surface area contributed by atoms with Gasteiger partial charge in [-0.2, -0.15) is 0 Å². The number of carbonyl (C=O) groups excluding carboxylic acids is 1. The van der Waals surface area contributed by atoms with E-state index in [2.05, 4.69) is 11.1 Å². The standard InChI is InChI=1S/C20H25F2N3O2/c21-20(22)8-15(12-26)25(13-20)16-10-24(11-16)19(27)7-3-4-14-9-23-18-6-2-1-5-17(14)18/h1-2,5-6,9,15-16,23,26H,3-4,7-8,10-13H2/t15-/m0/s1. The number of para-hydroxylation sites is 1. The minimum atomic E-state index is -2.74. The Labute approximate surface area is 156 Å². The molecule has 0 unspecified atom stereocenters. The number of halogens is 2. The van der Waals surface area contributed by atoms with E-state index in [0.717, 1.165) is 18.4 Å². The van der Waals surface area contributed by atoms with Crippen molar-refractivity contribution in [3.8, 4) is 0 Å². The molecule has 0 bridgehead atoms. The molecule has 2 saturated heterocycles. The number of aliphatic hydroxyl groups excluding tert-OH is 1. The zero-order valence-electron chi connectivity index (χ0n) is 15.2. The van der Waals surface area contributed by atoms with E-state index in [1.165, 1.54) is 10.9 Å². The zero-order valence-corrected chi connectivity index (χ0v) is 15.2. The van der Waals surface area contributed by atoms with Crippen molar-refractivity contribution >= 4 is 16.8 Å². The van der Waals surface area contributed by atoms with Crippen molar-refractivity contribution in [2.45, 2.75) is 43.7 Å². The van der Waals surface area contributed by atoms with Gasteiger partial charge in [0.2, 0.25) is 5.91 Å². The number of fused-ring (bicyclic) bond motifs is 1. The number of benzene rings is 1. The average Bonchev–Trinajstić information content (AvgIpc) is 3.14. The highest BCUT2D eigenvalue weighted by molar-refractivity contribution is 5.83. The van der Waals surface area contributed by atoms with Gasteiger partial charge in [-0.1, -0.05) is 18.2 Å². The van der Waals surface area contributed by atoms with Crippen molar-refractivity contribution in [3.63, 3.8) is 0 Å². The molecule has 2 aliphatic heterocycles. The monoisotopic (exact) mass is 377 g/mol. The maximum atomic E-state index is 13.6. The first-order valence-electron chi connectivity index (χ1n) is 9.54. The largest absolute Gasteiger partial charge is 0.395 e. The van der Waals surface area contributed by atoms with Gasteiger partial charge in [-0.25, -0.2) is 8.78 Å². The molecule has 2 aliphatic rings. The van der Waals surface area contributed by atoms with Gasteiger partial charge in [-0.05, 0) is 24.5 Å². The number of rotatable bonds is 6. The highest BCUT2D eigenvalue weighted by atomic mass is 19.3. The zero-order chi connectivity index (χ0) is 19.0. The van der Waals surface area contributed by atoms with Crippen LogP contribution >= 0.6 is 0 Å². The van der Waals surface area contributed by atoms with Gasteiger partial charge in [-0.15, -0.1) is 0 Å². The Bertz CT molecular complexity index is 816. The second-order valence-corrected chi connectivity index (χ2v) is 7.73. The van der Waals surface area contributed by atoms with Gasteiger partial charge in [0, 0.05) is 55.1 Å². The van der Waals surface area contributed by atoms with Crippen LogP contribution in [0.2, 0.25) is 0 Å². The number of nitrogens with zero attached hydrogens (tertiary/aromatic N) is 2. The fraction of sp³-hybridized carbons (Fsp3) is 0.550. The van der Waals surface area contributed by atoms with Gasteiger partial charge in [0.15, 0.2) is 0 Å². The van der Waals surface area contributed by atoms with Crippen LogP contribution in [0.1, 0.15) is 24.8 Å². The van der Waals surface area contributed by atoms with Crippen LogP contribution in [-0.2, 0) is 11.2 Å². The third kappa shape index (κ3) is 3.71. The van der Waals surface area contributed by atoms with E-state index in [1.54, 1.807) is 9.80 Å². The molecule has 1 aromatic heterocycles. The van der Waals surface area contributed by atoms with Crippen molar-refractivity contribution in [1.82, 2.24) is 14.8 Å². The number of likely N-dealkylation sites (tertiary alicyclic amines) is 2. The van der Waals surface area contributed by atoms with Crippen molar-refractivity contribution in [2.75, 3.05) is 26.2 Å². The van der Waals surface area contributed by atoms with Crippen molar-refractivity contribution < 1.29 is 18.7 Å². The molecule has 1 atom stereocenters. The quantitative estimate of drug-likeness (QED) is 0.813. The molecule has 27 heavy (non-hydrogen) atoms. The Kier molecular flexibility index (Phi) is 4.90. The van der Waals surface area contributed by atoms with Crippen LogP contribution in [0.4, 0.5) is 8.78 Å². The summed E-state index contributed by atoms with van der Waals surface area (Å²) in [5.74, 6) is -2.66. The number of alkyl halides is 2. The number of amides is 1. The number of aromatic amines is 1. The Morgan fingerprint density at radius 1 is 1.30 bits per heavy atom. The number of aromatic nitrogens is 1. The molecule has 2 N–H and O–H groups in total. The molecule has 4 rings (SSSR count). The molecule has 7 heteroatoms. The molecule has 2 fully saturated rings. The van der Waals surface area contributed by atoms with Crippen LogP contribution in [0.5, 0.6) is 0 Å². The lowest BCUT2D eigenvalue weighted by atomic mass is 10.0. The molecule has 0 spiro atoms. The minimum Gasteiger partial charge on any atom is -0.395 e. The summed E-state index contributed by atoms with van der Waals surface area (Å²) in [6, 6.07) is 7.55. The summed E-state index contributed by atoms with van der Waals surface area (Å²) >= 11 is 0. The van der Waals surface area contributed by atoms with E-state index in [4.69, 9.17) is 0 Å². The molecule has 1 amide bonds. The van der Waals surface area contributed by atoms with Gasteiger partial charge in [-0.3, -0.25) is 9.69 Å². The number of aliphatic hydroxyl groups is 1. The van der Waals surface area contributed by atoms with E-state index in [9.17, 15) is 18.7 Å². The van der Waals surface area contributed by atoms with E-state index in [-0.39, 0.29) is 31.5 Å². The maximum absolute atomic E-state index is 13.6. The smallest absolute Gasteiger partial charge is 0.262 e. The van der Waals surface area contributed by atoms with E-state index in [0.29, 0.717) is 19.5 Å². The normalized spacial score (nSPS) is 23.1. The number of hydrogen-bond donors (Lipinski definition) is 2. The summed E-state index contributed by atoms with van der Waals surface area (Å²) in [6.45, 7) is 0.396. The van der Waals surface area contributed by atoms with E-state index >= 15 is 0 Å². The number of hydrogen-bond acceptors (Lipinski definition) is 3. The van der Waals surface area contributed by atoms with Gasteiger partial charge in [0.25, 0.3) is 5.92 Å². The molecule has 0 saturated carbocycles. The third-order valence-corrected chi connectivity index (χ3v) is 5.82. The number of nitrogens with one attached hydrogen (secondary N) is 1. The Morgan fingerprint density at radius 3 is 2.85 bits per heavy atom. The molecule has 1 aromatic carbocycles. The predicted molar refractivity (Wildman–Crippen MR) is 98.7 cm³/mol. The summed E-state index contributed by atoms with van der Waals surface area (Å²) < 4.78 is 27.2. The lowest BCUT2D eigenvalue weighted by Gasteiger charge is -2.45. The molecule has 3 heterocycles. The summed E-state index contributed by atoms with van der Waals surface area (Å²) in [4.78, 5) is 19.0. The first-order chi connectivity index (χ1) is 13.0. The van der Waals surface area contributed by atoms with Crippen molar-refractivity contribution in [2.24, 2.45) is 0 Å². The Hall–Kier alpha value is -1.99. The number of H-pyrrole nitrogens is 1. The average molecular weight is 377 g/mol. The summed E-state index contributed by atoms with van der Waals surface area (Å²) in [5.41, 5.74) is 2.32. The molecular weight excluding hydrogens is 352 g/mol.